The molecule has 4 atom stereocenters. The van der Waals surface area contributed by atoms with Gasteiger partial charge in [-0.25, -0.2) is 4.98 Å². The lowest BCUT2D eigenvalue weighted by Gasteiger charge is -2.57. The molecule has 0 saturated carbocycles. The van der Waals surface area contributed by atoms with Crippen LogP contribution in [0.2, 0.25) is 0 Å². The highest BCUT2D eigenvalue weighted by Gasteiger charge is 2.50. The highest BCUT2D eigenvalue weighted by molar-refractivity contribution is 7.17. The number of carbonyl (C=O) groups excluding carboxylic acids is 2. The summed E-state index contributed by atoms with van der Waals surface area (Å²) in [6, 6.07) is 0.473. The lowest BCUT2D eigenvalue weighted by molar-refractivity contribution is -0.152. The van der Waals surface area contributed by atoms with E-state index in [1.54, 1.807) is 6.20 Å². The second kappa shape index (κ2) is 6.81. The molecule has 1 aromatic rings. The number of thiazole rings is 1. The number of hydrogen-bond acceptors (Lipinski definition) is 6. The average Bonchev–Trinajstić information content (AvgIpc) is 3.04. The molecule has 1 aromatic heterocycles. The minimum Gasteiger partial charge on any atom is -0.375 e. The summed E-state index contributed by atoms with van der Waals surface area (Å²) < 4.78 is 0. The van der Waals surface area contributed by atoms with Gasteiger partial charge < -0.3 is 20.4 Å². The Kier molecular flexibility index (Phi) is 4.64. The fourth-order valence-electron chi connectivity index (χ4n) is 5.09. The molecule has 4 rings (SSSR count). The molecule has 0 aromatic carbocycles. The zero-order valence-corrected chi connectivity index (χ0v) is 16.2. The summed E-state index contributed by atoms with van der Waals surface area (Å²) in [5.74, 6) is 1.06. The lowest BCUT2D eigenvalue weighted by atomic mass is 9.72. The average molecular weight is 378 g/mol. The number of nitrogens with two attached hydrogens (primary N) is 1. The maximum Gasteiger partial charge on any atom is 0.265 e. The summed E-state index contributed by atoms with van der Waals surface area (Å²) in [5, 5.41) is 0.431. The largest absolute Gasteiger partial charge is 0.375 e. The molecule has 3 fully saturated rings. The predicted octanol–water partition coefficient (Wildman–Crippen LogP) is 1.13. The Bertz CT molecular complexity index is 706. The van der Waals surface area contributed by atoms with Crippen molar-refractivity contribution in [2.75, 3.05) is 39.5 Å². The number of rotatable bonds is 3. The van der Waals surface area contributed by atoms with Crippen LogP contribution in [0.4, 0.5) is 5.13 Å². The number of aromatic nitrogens is 1. The van der Waals surface area contributed by atoms with Crippen molar-refractivity contribution in [1.82, 2.24) is 19.7 Å². The van der Waals surface area contributed by atoms with Crippen LogP contribution < -0.4 is 5.73 Å². The quantitative estimate of drug-likeness (QED) is 0.854. The standard InChI is InChI=1S/C18H27N5O2S/c1-21(2)10-14-12-6-11(13-4-3-5-16(24)23(13)14)8-22(9-12)17(25)15-7-20-18(19)26-15/h7,11-14H,3-6,8-10H2,1-2H3,(H2,19,20)/t11-,12+,13+,14+/m1/s1. The monoisotopic (exact) mass is 377 g/mol. The SMILES string of the molecule is CN(C)C[C@H]1[C@H]2C[C@H](CN(C(=O)c3cnc(N)s3)C2)[C@@H]2CCCC(=O)N21. The molecular weight excluding hydrogens is 350 g/mol. The van der Waals surface area contributed by atoms with E-state index in [9.17, 15) is 9.59 Å². The Balaban J connectivity index is 1.60. The van der Waals surface area contributed by atoms with Gasteiger partial charge in [0, 0.05) is 38.1 Å². The first-order chi connectivity index (χ1) is 12.4. The third-order valence-corrected chi connectivity index (χ3v) is 6.88. The smallest absolute Gasteiger partial charge is 0.265 e. The van der Waals surface area contributed by atoms with Crippen molar-refractivity contribution in [2.24, 2.45) is 11.8 Å². The van der Waals surface area contributed by atoms with E-state index in [4.69, 9.17) is 5.73 Å². The summed E-state index contributed by atoms with van der Waals surface area (Å²) in [5.41, 5.74) is 5.70. The van der Waals surface area contributed by atoms with Crippen LogP contribution in [-0.2, 0) is 4.79 Å². The molecule has 3 aliphatic rings. The van der Waals surface area contributed by atoms with Gasteiger partial charge >= 0.3 is 0 Å². The maximum absolute atomic E-state index is 12.9. The molecule has 142 valence electrons. The van der Waals surface area contributed by atoms with Gasteiger partial charge in [0.15, 0.2) is 5.13 Å². The normalized spacial score (nSPS) is 31.3. The maximum atomic E-state index is 12.9. The molecule has 2 N–H and O–H groups in total. The number of carbonyl (C=O) groups is 2. The van der Waals surface area contributed by atoms with Crippen LogP contribution in [0.1, 0.15) is 35.4 Å². The molecule has 2 bridgehead atoms. The van der Waals surface area contributed by atoms with Crippen molar-refractivity contribution in [3.63, 3.8) is 0 Å². The third kappa shape index (κ3) is 3.09. The Hall–Kier alpha value is -1.67. The summed E-state index contributed by atoms with van der Waals surface area (Å²) in [6.07, 6.45) is 5.39. The predicted molar refractivity (Wildman–Crippen MR) is 101 cm³/mol. The van der Waals surface area contributed by atoms with Crippen molar-refractivity contribution in [2.45, 2.75) is 37.8 Å². The van der Waals surface area contributed by atoms with Crippen molar-refractivity contribution in [3.05, 3.63) is 11.1 Å². The lowest BCUT2D eigenvalue weighted by Crippen LogP contribution is -2.67. The second-order valence-electron chi connectivity index (χ2n) is 8.12. The van der Waals surface area contributed by atoms with E-state index in [0.29, 0.717) is 40.7 Å². The summed E-state index contributed by atoms with van der Waals surface area (Å²) >= 11 is 1.25. The van der Waals surface area contributed by atoms with Crippen molar-refractivity contribution in [3.8, 4) is 0 Å². The van der Waals surface area contributed by atoms with E-state index in [2.05, 4.69) is 28.9 Å². The number of fused-ring (bicyclic) bond motifs is 4. The fraction of sp³-hybridized carbons (Fsp3) is 0.722. The van der Waals surface area contributed by atoms with Crippen LogP contribution in [0.5, 0.6) is 0 Å². The van der Waals surface area contributed by atoms with E-state index < -0.39 is 0 Å². The number of likely N-dealkylation sites (tertiary alicyclic amines) is 1. The topological polar surface area (TPSA) is 82.8 Å². The zero-order chi connectivity index (χ0) is 18.4. The van der Waals surface area contributed by atoms with Gasteiger partial charge in [-0.05, 0) is 45.2 Å². The van der Waals surface area contributed by atoms with Crippen LogP contribution in [0.3, 0.4) is 0 Å². The molecule has 3 aliphatic heterocycles. The number of amides is 2. The van der Waals surface area contributed by atoms with Crippen LogP contribution in [-0.4, -0.2) is 77.3 Å². The summed E-state index contributed by atoms with van der Waals surface area (Å²) in [7, 11) is 4.11. The van der Waals surface area contributed by atoms with Gasteiger partial charge in [-0.1, -0.05) is 11.3 Å². The summed E-state index contributed by atoms with van der Waals surface area (Å²) in [6.45, 7) is 2.30. The zero-order valence-electron chi connectivity index (χ0n) is 15.4. The Labute approximate surface area is 158 Å². The first-order valence-electron chi connectivity index (χ1n) is 9.40. The Morgan fingerprint density at radius 2 is 2.15 bits per heavy atom. The Morgan fingerprint density at radius 3 is 2.85 bits per heavy atom. The highest BCUT2D eigenvalue weighted by atomic mass is 32.1. The first kappa shape index (κ1) is 17.7. The molecule has 0 aliphatic carbocycles. The number of nitrogen functional groups attached to an aromatic ring is 1. The molecular formula is C18H27N5O2S. The summed E-state index contributed by atoms with van der Waals surface area (Å²) in [4.78, 5) is 36.6. The molecule has 0 spiro atoms. The molecule has 0 unspecified atom stereocenters. The molecule has 8 heteroatoms. The molecule has 4 heterocycles. The van der Waals surface area contributed by atoms with Gasteiger partial charge in [0.05, 0.1) is 6.20 Å². The van der Waals surface area contributed by atoms with Crippen LogP contribution in [0.15, 0.2) is 6.20 Å². The number of nitrogens with zero attached hydrogens (tertiary/aromatic N) is 4. The second-order valence-corrected chi connectivity index (χ2v) is 9.18. The minimum atomic E-state index is 0.0353. The van der Waals surface area contributed by atoms with Crippen LogP contribution in [0.25, 0.3) is 0 Å². The van der Waals surface area contributed by atoms with Gasteiger partial charge in [0.25, 0.3) is 5.91 Å². The number of anilines is 1. The van der Waals surface area contributed by atoms with E-state index in [-0.39, 0.29) is 18.0 Å². The molecule has 7 nitrogen and oxygen atoms in total. The van der Waals surface area contributed by atoms with Gasteiger partial charge in [0.1, 0.15) is 4.88 Å². The van der Waals surface area contributed by atoms with Crippen LogP contribution in [0, 0.1) is 11.8 Å². The fourth-order valence-corrected chi connectivity index (χ4v) is 5.74. The van der Waals surface area contributed by atoms with Gasteiger partial charge in [-0.2, -0.15) is 0 Å². The van der Waals surface area contributed by atoms with Crippen molar-refractivity contribution in [1.29, 1.82) is 0 Å². The number of likely N-dealkylation sites (N-methyl/N-ethyl adjacent to an activating group) is 1. The van der Waals surface area contributed by atoms with Crippen LogP contribution >= 0.6 is 11.3 Å². The van der Waals surface area contributed by atoms with Gasteiger partial charge in [0.2, 0.25) is 5.91 Å². The molecule has 2 amide bonds. The van der Waals surface area contributed by atoms with E-state index in [1.165, 1.54) is 11.3 Å². The molecule has 3 saturated heterocycles. The van der Waals surface area contributed by atoms with E-state index >= 15 is 0 Å². The Morgan fingerprint density at radius 1 is 1.38 bits per heavy atom. The molecule has 26 heavy (non-hydrogen) atoms. The highest BCUT2D eigenvalue weighted by Crippen LogP contribution is 2.42. The van der Waals surface area contributed by atoms with Gasteiger partial charge in [-0.15, -0.1) is 0 Å². The van der Waals surface area contributed by atoms with Crippen molar-refractivity contribution < 1.29 is 9.59 Å². The van der Waals surface area contributed by atoms with E-state index in [1.807, 2.05) is 4.90 Å². The third-order valence-electron chi connectivity index (χ3n) is 6.07. The number of piperidine rings is 3. The first-order valence-corrected chi connectivity index (χ1v) is 10.2. The number of hydrogen-bond donors (Lipinski definition) is 1. The molecule has 0 radical (unpaired) electrons. The van der Waals surface area contributed by atoms with E-state index in [0.717, 1.165) is 32.4 Å². The minimum absolute atomic E-state index is 0.0353. The van der Waals surface area contributed by atoms with Crippen molar-refractivity contribution >= 4 is 28.3 Å². The van der Waals surface area contributed by atoms with Gasteiger partial charge in [-0.3, -0.25) is 9.59 Å².